The zero-order chi connectivity index (χ0) is 13.3. The summed E-state index contributed by atoms with van der Waals surface area (Å²) in [4.78, 5) is 26.2. The minimum atomic E-state index is -0.395. The van der Waals surface area contributed by atoms with Crippen LogP contribution in [-0.2, 0) is 16.1 Å². The van der Waals surface area contributed by atoms with Gasteiger partial charge in [-0.2, -0.15) is 5.10 Å². The van der Waals surface area contributed by atoms with E-state index in [1.54, 1.807) is 12.3 Å². The van der Waals surface area contributed by atoms with Crippen molar-refractivity contribution in [2.75, 3.05) is 0 Å². The lowest BCUT2D eigenvalue weighted by atomic mass is 9.79. The first kappa shape index (κ1) is 12.4. The zero-order valence-electron chi connectivity index (χ0n) is 11.0. The fourth-order valence-electron chi connectivity index (χ4n) is 3.36. The van der Waals surface area contributed by atoms with Crippen molar-refractivity contribution in [1.82, 2.24) is 15.1 Å². The molecule has 1 spiro atoms. The summed E-state index contributed by atoms with van der Waals surface area (Å²) in [5, 5.41) is 6.67. The lowest BCUT2D eigenvalue weighted by Crippen LogP contribution is -2.35. The number of carbonyl (C=O) groups excluding carboxylic acids is 2. The number of hydrogen-bond acceptors (Lipinski definition) is 3. The minimum Gasteiger partial charge on any atom is -0.281 e. The molecule has 0 unspecified atom stereocenters. The molecule has 3 rings (SSSR count). The van der Waals surface area contributed by atoms with Crippen LogP contribution in [0.2, 0.25) is 0 Å². The summed E-state index contributed by atoms with van der Waals surface area (Å²) < 4.78 is 0. The SMILES string of the molecule is O=C1CC2(CCCCCC2)C(=O)N1Cc1ccn[nH]1. The van der Waals surface area contributed by atoms with Crippen LogP contribution in [0.3, 0.4) is 0 Å². The molecule has 1 aromatic heterocycles. The third kappa shape index (κ3) is 2.17. The van der Waals surface area contributed by atoms with Crippen LogP contribution in [0.25, 0.3) is 0 Å². The van der Waals surface area contributed by atoms with Crippen molar-refractivity contribution < 1.29 is 9.59 Å². The highest BCUT2D eigenvalue weighted by molar-refractivity contribution is 6.05. The van der Waals surface area contributed by atoms with Crippen LogP contribution in [0.4, 0.5) is 0 Å². The molecule has 1 aliphatic heterocycles. The number of hydrogen-bond donors (Lipinski definition) is 1. The average Bonchev–Trinajstić information content (AvgIpc) is 2.89. The van der Waals surface area contributed by atoms with Gasteiger partial charge in [-0.05, 0) is 18.9 Å². The number of rotatable bonds is 2. The molecule has 2 aliphatic rings. The molecule has 5 heteroatoms. The van der Waals surface area contributed by atoms with Gasteiger partial charge in [0.2, 0.25) is 11.8 Å². The Balaban J connectivity index is 1.80. The van der Waals surface area contributed by atoms with Crippen LogP contribution < -0.4 is 0 Å². The van der Waals surface area contributed by atoms with E-state index in [1.165, 1.54) is 17.7 Å². The molecule has 2 fully saturated rings. The van der Waals surface area contributed by atoms with Crippen molar-refractivity contribution in [1.29, 1.82) is 0 Å². The Bertz CT molecular complexity index is 473. The molecule has 1 aliphatic carbocycles. The summed E-state index contributed by atoms with van der Waals surface area (Å²) in [5.41, 5.74) is 0.417. The van der Waals surface area contributed by atoms with Crippen LogP contribution in [0, 0.1) is 5.41 Å². The molecular weight excluding hydrogens is 242 g/mol. The largest absolute Gasteiger partial charge is 0.281 e. The van der Waals surface area contributed by atoms with Crippen molar-refractivity contribution in [3.8, 4) is 0 Å². The van der Waals surface area contributed by atoms with Crippen molar-refractivity contribution in [2.24, 2.45) is 5.41 Å². The molecule has 5 nitrogen and oxygen atoms in total. The average molecular weight is 261 g/mol. The van der Waals surface area contributed by atoms with Crippen molar-refractivity contribution in [2.45, 2.75) is 51.5 Å². The van der Waals surface area contributed by atoms with Crippen LogP contribution in [-0.4, -0.2) is 26.9 Å². The van der Waals surface area contributed by atoms with E-state index in [-0.39, 0.29) is 11.8 Å². The van der Waals surface area contributed by atoms with Gasteiger partial charge in [0.05, 0.1) is 17.7 Å². The molecule has 0 aromatic carbocycles. The first-order valence-corrected chi connectivity index (χ1v) is 7.04. The number of amides is 2. The quantitative estimate of drug-likeness (QED) is 0.828. The van der Waals surface area contributed by atoms with Crippen LogP contribution in [0.5, 0.6) is 0 Å². The first-order chi connectivity index (χ1) is 9.21. The van der Waals surface area contributed by atoms with E-state index >= 15 is 0 Å². The number of aromatic amines is 1. The van der Waals surface area contributed by atoms with Gasteiger partial charge in [-0.25, -0.2) is 0 Å². The summed E-state index contributed by atoms with van der Waals surface area (Å²) in [5.74, 6) is 0.00972. The number of nitrogens with one attached hydrogen (secondary N) is 1. The molecule has 0 radical (unpaired) electrons. The molecule has 0 bridgehead atoms. The van der Waals surface area contributed by atoms with Crippen LogP contribution in [0.1, 0.15) is 50.6 Å². The Kier molecular flexibility index (Phi) is 3.12. The fourth-order valence-corrected chi connectivity index (χ4v) is 3.36. The topological polar surface area (TPSA) is 66.1 Å². The smallest absolute Gasteiger partial charge is 0.236 e. The Labute approximate surface area is 112 Å². The number of H-pyrrole nitrogens is 1. The fraction of sp³-hybridized carbons (Fsp3) is 0.643. The maximum Gasteiger partial charge on any atom is 0.236 e. The van der Waals surface area contributed by atoms with Gasteiger partial charge in [0.15, 0.2) is 0 Å². The van der Waals surface area contributed by atoms with Gasteiger partial charge in [-0.15, -0.1) is 0 Å². The molecule has 1 saturated heterocycles. The highest BCUT2D eigenvalue weighted by Crippen LogP contribution is 2.44. The highest BCUT2D eigenvalue weighted by atomic mass is 16.2. The molecule has 0 atom stereocenters. The predicted molar refractivity (Wildman–Crippen MR) is 68.9 cm³/mol. The van der Waals surface area contributed by atoms with E-state index in [4.69, 9.17) is 0 Å². The van der Waals surface area contributed by atoms with Gasteiger partial charge in [0.25, 0.3) is 0 Å². The lowest BCUT2D eigenvalue weighted by molar-refractivity contribution is -0.142. The Hall–Kier alpha value is -1.65. The third-order valence-corrected chi connectivity index (χ3v) is 4.44. The summed E-state index contributed by atoms with van der Waals surface area (Å²) >= 11 is 0. The van der Waals surface area contributed by atoms with E-state index in [1.807, 2.05) is 0 Å². The first-order valence-electron chi connectivity index (χ1n) is 7.04. The van der Waals surface area contributed by atoms with E-state index < -0.39 is 5.41 Å². The van der Waals surface area contributed by atoms with E-state index in [2.05, 4.69) is 10.2 Å². The zero-order valence-corrected chi connectivity index (χ0v) is 11.0. The molecule has 102 valence electrons. The molecular formula is C14H19N3O2. The van der Waals surface area contributed by atoms with Gasteiger partial charge in [0, 0.05) is 12.6 Å². The number of carbonyl (C=O) groups is 2. The van der Waals surface area contributed by atoms with Gasteiger partial charge in [0.1, 0.15) is 0 Å². The molecule has 1 saturated carbocycles. The standard InChI is InChI=1S/C14H19N3O2/c18-12-9-14(6-3-1-2-4-7-14)13(19)17(12)10-11-5-8-15-16-11/h5,8H,1-4,6-7,9-10H2,(H,15,16). The van der Waals surface area contributed by atoms with E-state index in [0.29, 0.717) is 13.0 Å². The second-order valence-corrected chi connectivity index (χ2v) is 5.74. The van der Waals surface area contributed by atoms with E-state index in [0.717, 1.165) is 31.4 Å². The maximum atomic E-state index is 12.6. The molecule has 1 N–H and O–H groups in total. The van der Waals surface area contributed by atoms with Crippen molar-refractivity contribution in [3.63, 3.8) is 0 Å². The molecule has 1 aromatic rings. The Morgan fingerprint density at radius 2 is 1.95 bits per heavy atom. The normalized spacial score (nSPS) is 23.1. The number of likely N-dealkylation sites (tertiary alicyclic amines) is 1. The van der Waals surface area contributed by atoms with Gasteiger partial charge in [-0.1, -0.05) is 25.7 Å². The number of imide groups is 1. The Morgan fingerprint density at radius 1 is 1.21 bits per heavy atom. The monoisotopic (exact) mass is 261 g/mol. The second-order valence-electron chi connectivity index (χ2n) is 5.74. The maximum absolute atomic E-state index is 12.6. The van der Waals surface area contributed by atoms with Crippen LogP contribution >= 0.6 is 0 Å². The van der Waals surface area contributed by atoms with E-state index in [9.17, 15) is 9.59 Å². The second kappa shape index (κ2) is 4.79. The predicted octanol–water partition coefficient (Wildman–Crippen LogP) is 2.01. The third-order valence-electron chi connectivity index (χ3n) is 4.44. The molecule has 19 heavy (non-hydrogen) atoms. The summed E-state index contributed by atoms with van der Waals surface area (Å²) in [6, 6.07) is 1.80. The summed E-state index contributed by atoms with van der Waals surface area (Å²) in [6.45, 7) is 0.333. The lowest BCUT2D eigenvalue weighted by Gasteiger charge is -2.24. The van der Waals surface area contributed by atoms with Gasteiger partial charge >= 0.3 is 0 Å². The van der Waals surface area contributed by atoms with Gasteiger partial charge in [-0.3, -0.25) is 19.6 Å². The number of nitrogens with zero attached hydrogens (tertiary/aromatic N) is 2. The van der Waals surface area contributed by atoms with Crippen LogP contribution in [0.15, 0.2) is 12.3 Å². The van der Waals surface area contributed by atoms with Crippen molar-refractivity contribution >= 4 is 11.8 Å². The Morgan fingerprint density at radius 3 is 2.58 bits per heavy atom. The number of aromatic nitrogens is 2. The van der Waals surface area contributed by atoms with Crippen molar-refractivity contribution in [3.05, 3.63) is 18.0 Å². The summed E-state index contributed by atoms with van der Waals surface area (Å²) in [6.07, 6.45) is 8.29. The molecule has 2 amide bonds. The molecule has 2 heterocycles. The van der Waals surface area contributed by atoms with Gasteiger partial charge < -0.3 is 0 Å². The summed E-state index contributed by atoms with van der Waals surface area (Å²) in [7, 11) is 0. The minimum absolute atomic E-state index is 0.0264. The highest BCUT2D eigenvalue weighted by Gasteiger charge is 2.50.